The van der Waals surface area contributed by atoms with Gasteiger partial charge in [-0.25, -0.2) is 9.78 Å². The summed E-state index contributed by atoms with van der Waals surface area (Å²) in [5.41, 5.74) is 2.72. The van der Waals surface area contributed by atoms with E-state index in [1.54, 1.807) is 7.11 Å². The lowest BCUT2D eigenvalue weighted by Crippen LogP contribution is -2.27. The molecule has 8 heteroatoms. The van der Waals surface area contributed by atoms with Crippen LogP contribution in [0.2, 0.25) is 0 Å². The highest BCUT2D eigenvalue weighted by Crippen LogP contribution is 2.34. The topological polar surface area (TPSA) is 85.4 Å². The number of aryl methyl sites for hydroxylation is 1. The molecule has 1 amide bonds. The SMILES string of the molecule is COCCc1nsc(NC2CCCc3cc(NC(=O)OC(C)(C)C)ccc32)n1. The van der Waals surface area contributed by atoms with Crippen LogP contribution in [0, 0.1) is 0 Å². The van der Waals surface area contributed by atoms with Crippen molar-refractivity contribution in [2.75, 3.05) is 24.4 Å². The minimum atomic E-state index is -0.517. The normalized spacial score (nSPS) is 16.4. The van der Waals surface area contributed by atoms with Crippen molar-refractivity contribution in [2.45, 2.75) is 58.1 Å². The van der Waals surface area contributed by atoms with Gasteiger partial charge in [-0.05, 0) is 63.3 Å². The number of carbonyl (C=O) groups is 1. The van der Waals surface area contributed by atoms with Crippen LogP contribution in [0.4, 0.5) is 15.6 Å². The van der Waals surface area contributed by atoms with E-state index >= 15 is 0 Å². The van der Waals surface area contributed by atoms with Crippen molar-refractivity contribution in [1.82, 2.24) is 9.36 Å². The minimum absolute atomic E-state index is 0.197. The van der Waals surface area contributed by atoms with Gasteiger partial charge in [0.05, 0.1) is 12.6 Å². The minimum Gasteiger partial charge on any atom is -0.444 e. The number of nitrogens with zero attached hydrogens (tertiary/aromatic N) is 2. The second-order valence-electron chi connectivity index (χ2n) is 7.89. The third-order valence-corrected chi connectivity index (χ3v) is 5.08. The third-order valence-electron chi connectivity index (χ3n) is 4.40. The molecule has 28 heavy (non-hydrogen) atoms. The summed E-state index contributed by atoms with van der Waals surface area (Å²) in [6.45, 7) is 6.17. The van der Waals surface area contributed by atoms with Gasteiger partial charge in [0.1, 0.15) is 11.4 Å². The second kappa shape index (κ2) is 8.87. The fourth-order valence-corrected chi connectivity index (χ4v) is 3.89. The van der Waals surface area contributed by atoms with Gasteiger partial charge in [-0.2, -0.15) is 4.37 Å². The molecular weight excluding hydrogens is 376 g/mol. The van der Waals surface area contributed by atoms with Gasteiger partial charge in [-0.3, -0.25) is 5.32 Å². The molecule has 0 aliphatic heterocycles. The zero-order valence-corrected chi connectivity index (χ0v) is 17.7. The average Bonchev–Trinajstić information content (AvgIpc) is 3.05. The van der Waals surface area contributed by atoms with E-state index in [2.05, 4.69) is 26.1 Å². The monoisotopic (exact) mass is 404 g/mol. The van der Waals surface area contributed by atoms with Gasteiger partial charge < -0.3 is 14.8 Å². The van der Waals surface area contributed by atoms with Crippen LogP contribution in [0.5, 0.6) is 0 Å². The number of hydrogen-bond donors (Lipinski definition) is 2. The smallest absolute Gasteiger partial charge is 0.412 e. The average molecular weight is 405 g/mol. The van der Waals surface area contributed by atoms with E-state index in [1.807, 2.05) is 32.9 Å². The Balaban J connectivity index is 1.67. The first-order valence-electron chi connectivity index (χ1n) is 9.55. The van der Waals surface area contributed by atoms with E-state index in [9.17, 15) is 4.79 Å². The predicted octanol–water partition coefficient (Wildman–Crippen LogP) is 4.56. The molecule has 1 unspecified atom stereocenters. The number of carbonyl (C=O) groups excluding carboxylic acids is 1. The highest BCUT2D eigenvalue weighted by atomic mass is 32.1. The Bertz CT molecular complexity index is 816. The van der Waals surface area contributed by atoms with Crippen LogP contribution in [0.25, 0.3) is 0 Å². The Morgan fingerprint density at radius 2 is 2.18 bits per heavy atom. The molecule has 1 atom stereocenters. The van der Waals surface area contributed by atoms with Crippen LogP contribution >= 0.6 is 11.5 Å². The van der Waals surface area contributed by atoms with Crippen molar-refractivity contribution in [1.29, 1.82) is 0 Å². The maximum atomic E-state index is 12.0. The van der Waals surface area contributed by atoms with Crippen LogP contribution in [0.15, 0.2) is 18.2 Å². The summed E-state index contributed by atoms with van der Waals surface area (Å²) in [5, 5.41) is 7.17. The molecule has 1 aliphatic rings. The number of rotatable bonds is 6. The Kier molecular flexibility index (Phi) is 6.51. The van der Waals surface area contributed by atoms with Crippen molar-refractivity contribution in [3.63, 3.8) is 0 Å². The molecule has 7 nitrogen and oxygen atoms in total. The van der Waals surface area contributed by atoms with Gasteiger partial charge in [-0.1, -0.05) is 6.07 Å². The molecule has 1 aromatic carbocycles. The quantitative estimate of drug-likeness (QED) is 0.734. The zero-order chi connectivity index (χ0) is 20.1. The van der Waals surface area contributed by atoms with Crippen LogP contribution < -0.4 is 10.6 Å². The fraction of sp³-hybridized carbons (Fsp3) is 0.550. The van der Waals surface area contributed by atoms with E-state index in [4.69, 9.17) is 9.47 Å². The summed E-state index contributed by atoms with van der Waals surface area (Å²) in [7, 11) is 1.68. The molecule has 1 heterocycles. The van der Waals surface area contributed by atoms with Crippen molar-refractivity contribution in [2.24, 2.45) is 0 Å². The molecule has 0 bridgehead atoms. The molecule has 2 N–H and O–H groups in total. The summed E-state index contributed by atoms with van der Waals surface area (Å²) in [5.74, 6) is 0.808. The van der Waals surface area contributed by atoms with Crippen molar-refractivity contribution in [3.8, 4) is 0 Å². The number of ether oxygens (including phenoxy) is 2. The molecule has 3 rings (SSSR count). The van der Waals surface area contributed by atoms with E-state index in [-0.39, 0.29) is 6.04 Å². The number of methoxy groups -OCH3 is 1. The van der Waals surface area contributed by atoms with Crippen LogP contribution in [-0.4, -0.2) is 34.8 Å². The zero-order valence-electron chi connectivity index (χ0n) is 16.9. The molecule has 1 aliphatic carbocycles. The van der Waals surface area contributed by atoms with Crippen molar-refractivity contribution < 1.29 is 14.3 Å². The maximum absolute atomic E-state index is 12.0. The summed E-state index contributed by atoms with van der Waals surface area (Å²) in [6.07, 6.45) is 3.40. The number of hydrogen-bond acceptors (Lipinski definition) is 7. The first-order chi connectivity index (χ1) is 13.3. The lowest BCUT2D eigenvalue weighted by molar-refractivity contribution is 0.0636. The number of amides is 1. The summed E-state index contributed by atoms with van der Waals surface area (Å²) < 4.78 is 14.8. The van der Waals surface area contributed by atoms with Crippen LogP contribution in [0.3, 0.4) is 0 Å². The Labute approximate surface area is 170 Å². The molecule has 1 aromatic heterocycles. The summed E-state index contributed by atoms with van der Waals surface area (Å²) in [4.78, 5) is 16.6. The predicted molar refractivity (Wildman–Crippen MR) is 111 cm³/mol. The molecule has 0 fully saturated rings. The molecule has 0 saturated heterocycles. The van der Waals surface area contributed by atoms with Gasteiger partial charge in [-0.15, -0.1) is 0 Å². The van der Waals surface area contributed by atoms with E-state index in [0.717, 1.165) is 42.3 Å². The molecule has 152 valence electrons. The van der Waals surface area contributed by atoms with E-state index in [1.165, 1.54) is 22.7 Å². The Morgan fingerprint density at radius 1 is 1.36 bits per heavy atom. The Hall–Kier alpha value is -2.19. The van der Waals surface area contributed by atoms with Crippen LogP contribution in [-0.2, 0) is 22.3 Å². The standard InChI is InChI=1S/C20H28N4O3S/c1-20(2,3)27-19(25)21-14-8-9-15-13(12-14)6-5-7-16(15)22-18-23-17(24-28-18)10-11-26-4/h8-9,12,16H,5-7,10-11H2,1-4H3,(H,21,25)(H,22,23,24). The molecule has 0 saturated carbocycles. The van der Waals surface area contributed by atoms with E-state index < -0.39 is 11.7 Å². The van der Waals surface area contributed by atoms with E-state index in [0.29, 0.717) is 6.61 Å². The molecule has 2 aromatic rings. The second-order valence-corrected chi connectivity index (χ2v) is 8.64. The number of benzene rings is 1. The summed E-state index contributed by atoms with van der Waals surface area (Å²) in [6, 6.07) is 6.23. The number of nitrogens with one attached hydrogen (secondary N) is 2. The lowest BCUT2D eigenvalue weighted by atomic mass is 9.87. The summed E-state index contributed by atoms with van der Waals surface area (Å²) >= 11 is 1.38. The van der Waals surface area contributed by atoms with Gasteiger partial charge in [0, 0.05) is 30.8 Å². The lowest BCUT2D eigenvalue weighted by Gasteiger charge is -2.27. The van der Waals surface area contributed by atoms with Crippen molar-refractivity contribution >= 4 is 28.4 Å². The number of fused-ring (bicyclic) bond motifs is 1. The first kappa shape index (κ1) is 20.5. The maximum Gasteiger partial charge on any atom is 0.412 e. The molecule has 0 spiro atoms. The largest absolute Gasteiger partial charge is 0.444 e. The highest BCUT2D eigenvalue weighted by molar-refractivity contribution is 7.09. The van der Waals surface area contributed by atoms with Crippen LogP contribution in [0.1, 0.15) is 56.6 Å². The van der Waals surface area contributed by atoms with Gasteiger partial charge in [0.2, 0.25) is 5.13 Å². The fourth-order valence-electron chi connectivity index (χ4n) is 3.22. The number of anilines is 2. The molecule has 0 radical (unpaired) electrons. The highest BCUT2D eigenvalue weighted by Gasteiger charge is 2.22. The van der Waals surface area contributed by atoms with Gasteiger partial charge >= 0.3 is 6.09 Å². The number of aromatic nitrogens is 2. The third kappa shape index (κ3) is 5.65. The van der Waals surface area contributed by atoms with Crippen molar-refractivity contribution in [3.05, 3.63) is 35.2 Å². The Morgan fingerprint density at radius 3 is 2.93 bits per heavy atom. The molecular formula is C20H28N4O3S. The van der Waals surface area contributed by atoms with Gasteiger partial charge in [0.15, 0.2) is 0 Å². The van der Waals surface area contributed by atoms with Gasteiger partial charge in [0.25, 0.3) is 0 Å². The first-order valence-corrected chi connectivity index (χ1v) is 10.3.